The highest BCUT2D eigenvalue weighted by molar-refractivity contribution is 6.10. The van der Waals surface area contributed by atoms with Crippen LogP contribution >= 0.6 is 0 Å². The van der Waals surface area contributed by atoms with Crippen LogP contribution in [0.3, 0.4) is 0 Å². The number of rotatable bonds is 8. The second-order valence-corrected chi connectivity index (χ2v) is 10.5. The highest BCUT2D eigenvalue weighted by atomic mass is 16.5. The molecular formula is C32H36N2O5. The summed E-state index contributed by atoms with van der Waals surface area (Å²) < 4.78 is 5.83. The molecule has 0 radical (unpaired) electrons. The number of carbonyl (C=O) groups excluding carboxylic acids is 3. The Bertz CT molecular complexity index is 1370. The predicted molar refractivity (Wildman–Crippen MR) is 152 cm³/mol. The number of hydrogen-bond donors (Lipinski definition) is 3. The molecule has 204 valence electrons. The van der Waals surface area contributed by atoms with Crippen molar-refractivity contribution in [3.8, 4) is 5.75 Å². The van der Waals surface area contributed by atoms with Gasteiger partial charge in [0.05, 0.1) is 18.1 Å². The molecule has 0 aromatic heterocycles. The van der Waals surface area contributed by atoms with Crippen molar-refractivity contribution in [1.29, 1.82) is 0 Å². The van der Waals surface area contributed by atoms with E-state index in [9.17, 15) is 19.5 Å². The highest BCUT2D eigenvalue weighted by Crippen LogP contribution is 2.47. The molecule has 0 spiro atoms. The summed E-state index contributed by atoms with van der Waals surface area (Å²) in [6.45, 7) is 7.74. The largest absolute Gasteiger partial charge is 0.494 e. The minimum Gasteiger partial charge on any atom is -0.494 e. The van der Waals surface area contributed by atoms with Crippen LogP contribution in [0, 0.1) is 25.7 Å². The van der Waals surface area contributed by atoms with E-state index in [1.54, 1.807) is 42.5 Å². The Labute approximate surface area is 229 Å². The summed E-state index contributed by atoms with van der Waals surface area (Å²) in [7, 11) is 0. The number of carbonyl (C=O) groups is 3. The van der Waals surface area contributed by atoms with Crippen molar-refractivity contribution in [2.75, 3.05) is 17.2 Å². The van der Waals surface area contributed by atoms with Crippen LogP contribution < -0.4 is 15.4 Å². The number of anilines is 2. The molecule has 7 heteroatoms. The number of hydrogen-bond acceptors (Lipinski definition) is 5. The van der Waals surface area contributed by atoms with Gasteiger partial charge < -0.3 is 20.5 Å². The fourth-order valence-electron chi connectivity index (χ4n) is 5.37. The van der Waals surface area contributed by atoms with Gasteiger partial charge in [-0.1, -0.05) is 55.5 Å². The number of ether oxygens (including phenoxy) is 1. The van der Waals surface area contributed by atoms with Crippen molar-refractivity contribution in [2.45, 2.75) is 52.1 Å². The zero-order valence-corrected chi connectivity index (χ0v) is 22.9. The van der Waals surface area contributed by atoms with E-state index in [2.05, 4.69) is 10.6 Å². The highest BCUT2D eigenvalue weighted by Gasteiger charge is 2.56. The SMILES string of the molecule is CCCOc1cccc(C2C(C(=O)Nc3ccccc3C)C(=O)CC(C)(O)C2C(=O)Nc2ccccc2C)c1. The molecule has 0 saturated heterocycles. The first-order valence-corrected chi connectivity index (χ1v) is 13.3. The van der Waals surface area contributed by atoms with Crippen LogP contribution in [0.5, 0.6) is 5.75 Å². The van der Waals surface area contributed by atoms with Crippen LogP contribution in [0.1, 0.15) is 49.3 Å². The third kappa shape index (κ3) is 6.20. The zero-order valence-electron chi connectivity index (χ0n) is 22.9. The lowest BCUT2D eigenvalue weighted by atomic mass is 9.61. The van der Waals surface area contributed by atoms with Crippen molar-refractivity contribution in [3.63, 3.8) is 0 Å². The molecule has 2 amide bonds. The number of para-hydroxylation sites is 2. The van der Waals surface area contributed by atoms with Gasteiger partial charge in [0.15, 0.2) is 0 Å². The van der Waals surface area contributed by atoms with E-state index in [0.717, 1.165) is 17.5 Å². The van der Waals surface area contributed by atoms with Crippen LogP contribution in [0.15, 0.2) is 72.8 Å². The molecule has 1 fully saturated rings. The summed E-state index contributed by atoms with van der Waals surface area (Å²) in [6, 6.07) is 21.8. The maximum absolute atomic E-state index is 13.9. The number of benzene rings is 3. The molecule has 1 aliphatic rings. The second-order valence-electron chi connectivity index (χ2n) is 10.5. The monoisotopic (exact) mass is 528 g/mol. The van der Waals surface area contributed by atoms with Gasteiger partial charge in [-0.25, -0.2) is 0 Å². The van der Waals surface area contributed by atoms with E-state index in [4.69, 9.17) is 4.74 Å². The van der Waals surface area contributed by atoms with E-state index in [0.29, 0.717) is 29.3 Å². The first-order chi connectivity index (χ1) is 18.6. The Balaban J connectivity index is 1.80. The first kappa shape index (κ1) is 28.0. The molecule has 3 aromatic rings. The molecular weight excluding hydrogens is 492 g/mol. The van der Waals surface area contributed by atoms with Gasteiger partial charge in [-0.2, -0.15) is 0 Å². The van der Waals surface area contributed by atoms with Gasteiger partial charge in [0.2, 0.25) is 11.8 Å². The molecule has 39 heavy (non-hydrogen) atoms. The van der Waals surface area contributed by atoms with Gasteiger partial charge in [0.25, 0.3) is 0 Å². The first-order valence-electron chi connectivity index (χ1n) is 13.3. The van der Waals surface area contributed by atoms with E-state index in [-0.39, 0.29) is 6.42 Å². The summed E-state index contributed by atoms with van der Waals surface area (Å²) in [5, 5.41) is 17.4. The van der Waals surface area contributed by atoms with Crippen LogP contribution in [0.25, 0.3) is 0 Å². The predicted octanol–water partition coefficient (Wildman–Crippen LogP) is 5.41. The number of amides is 2. The van der Waals surface area contributed by atoms with Crippen LogP contribution in [0.2, 0.25) is 0 Å². The Morgan fingerprint density at radius 1 is 0.923 bits per heavy atom. The van der Waals surface area contributed by atoms with Crippen molar-refractivity contribution >= 4 is 29.0 Å². The van der Waals surface area contributed by atoms with Gasteiger partial charge in [0, 0.05) is 23.7 Å². The molecule has 4 atom stereocenters. The maximum atomic E-state index is 13.9. The Hall–Kier alpha value is -3.97. The Morgan fingerprint density at radius 3 is 2.10 bits per heavy atom. The fraction of sp³-hybridized carbons (Fsp3) is 0.344. The minimum absolute atomic E-state index is 0.326. The summed E-state index contributed by atoms with van der Waals surface area (Å²) in [5.74, 6) is -4.04. The summed E-state index contributed by atoms with van der Waals surface area (Å²) in [4.78, 5) is 41.3. The van der Waals surface area contributed by atoms with Crippen molar-refractivity contribution in [3.05, 3.63) is 89.5 Å². The third-order valence-electron chi connectivity index (χ3n) is 7.35. The van der Waals surface area contributed by atoms with E-state index in [1.165, 1.54) is 6.92 Å². The standard InChI is InChI=1S/C32H36N2O5/c1-5-17-39-23-14-10-13-22(18-23)27-28(30(36)33-24-15-8-6-11-20(24)2)26(35)19-32(4,38)29(27)31(37)34-25-16-9-7-12-21(25)3/h6-16,18,27-29,38H,5,17,19H2,1-4H3,(H,33,36)(H,34,37). The van der Waals surface area contributed by atoms with Crippen LogP contribution in [-0.2, 0) is 14.4 Å². The molecule has 7 nitrogen and oxygen atoms in total. The fourth-order valence-corrected chi connectivity index (χ4v) is 5.37. The average molecular weight is 529 g/mol. The number of Topliss-reactive ketones (excluding diaryl/α,β-unsaturated/α-hetero) is 1. The number of ketones is 1. The summed E-state index contributed by atoms with van der Waals surface area (Å²) in [6.07, 6.45) is 0.483. The molecule has 1 saturated carbocycles. The quantitative estimate of drug-likeness (QED) is 0.339. The van der Waals surface area contributed by atoms with Crippen molar-refractivity contribution in [2.24, 2.45) is 11.8 Å². The molecule has 0 bridgehead atoms. The number of nitrogens with one attached hydrogen (secondary N) is 2. The lowest BCUT2D eigenvalue weighted by Gasteiger charge is -2.44. The third-order valence-corrected chi connectivity index (χ3v) is 7.35. The van der Waals surface area contributed by atoms with E-state index >= 15 is 0 Å². The lowest BCUT2D eigenvalue weighted by Crippen LogP contribution is -2.56. The Kier molecular flexibility index (Phi) is 8.51. The van der Waals surface area contributed by atoms with Crippen LogP contribution in [0.4, 0.5) is 11.4 Å². The minimum atomic E-state index is -1.69. The average Bonchev–Trinajstić information content (AvgIpc) is 2.89. The van der Waals surface area contributed by atoms with Crippen LogP contribution in [-0.4, -0.2) is 34.9 Å². The smallest absolute Gasteiger partial charge is 0.235 e. The normalized spacial score (nSPS) is 22.7. The topological polar surface area (TPSA) is 105 Å². The molecule has 1 aliphatic carbocycles. The molecule has 4 rings (SSSR count). The summed E-state index contributed by atoms with van der Waals surface area (Å²) in [5.41, 5.74) is 1.79. The van der Waals surface area contributed by atoms with Gasteiger partial charge in [-0.05, 0) is 68.1 Å². The van der Waals surface area contributed by atoms with Gasteiger partial charge in [0.1, 0.15) is 17.5 Å². The van der Waals surface area contributed by atoms with Gasteiger partial charge in [-0.15, -0.1) is 0 Å². The molecule has 4 unspecified atom stereocenters. The van der Waals surface area contributed by atoms with Crippen molar-refractivity contribution in [1.82, 2.24) is 0 Å². The van der Waals surface area contributed by atoms with Gasteiger partial charge >= 0.3 is 0 Å². The molecule has 3 N–H and O–H groups in total. The maximum Gasteiger partial charge on any atom is 0.235 e. The van der Waals surface area contributed by atoms with Gasteiger partial charge in [-0.3, -0.25) is 14.4 Å². The summed E-state index contributed by atoms with van der Waals surface area (Å²) >= 11 is 0. The zero-order chi connectivity index (χ0) is 28.2. The lowest BCUT2D eigenvalue weighted by molar-refractivity contribution is -0.150. The second kappa shape index (κ2) is 11.8. The number of aryl methyl sites for hydroxylation is 2. The van der Waals surface area contributed by atoms with E-state index < -0.39 is 41.0 Å². The molecule has 3 aromatic carbocycles. The van der Waals surface area contributed by atoms with Crippen molar-refractivity contribution < 1.29 is 24.2 Å². The number of aliphatic hydroxyl groups is 1. The van der Waals surface area contributed by atoms with E-state index in [1.807, 2.05) is 51.1 Å². The molecule has 0 heterocycles. The molecule has 0 aliphatic heterocycles. The Morgan fingerprint density at radius 2 is 1.51 bits per heavy atom.